The SMILES string of the molecule is O=C(Nc1c(Cl)cccc1C(F)(F)F)C1CCNCC1. The van der Waals surface area contributed by atoms with Gasteiger partial charge in [-0.05, 0) is 38.1 Å². The van der Waals surface area contributed by atoms with Crippen LogP contribution >= 0.6 is 11.6 Å². The topological polar surface area (TPSA) is 41.1 Å². The number of amides is 1. The fourth-order valence-corrected chi connectivity index (χ4v) is 2.42. The summed E-state index contributed by atoms with van der Waals surface area (Å²) in [6.45, 7) is 1.37. The normalized spacial score (nSPS) is 17.0. The van der Waals surface area contributed by atoms with Gasteiger partial charge in [0.25, 0.3) is 0 Å². The molecule has 3 nitrogen and oxygen atoms in total. The predicted octanol–water partition coefficient (Wildman–Crippen LogP) is 3.30. The number of benzene rings is 1. The van der Waals surface area contributed by atoms with Crippen LogP contribution in [-0.4, -0.2) is 19.0 Å². The number of anilines is 1. The first kappa shape index (κ1) is 15.1. The number of hydrogen-bond donors (Lipinski definition) is 2. The molecule has 20 heavy (non-hydrogen) atoms. The van der Waals surface area contributed by atoms with E-state index in [1.54, 1.807) is 0 Å². The van der Waals surface area contributed by atoms with E-state index < -0.39 is 17.6 Å². The number of piperidine rings is 1. The molecule has 1 aromatic carbocycles. The molecule has 0 unspecified atom stereocenters. The van der Waals surface area contributed by atoms with Crippen molar-refractivity contribution < 1.29 is 18.0 Å². The fraction of sp³-hybridized carbons (Fsp3) is 0.462. The minimum atomic E-state index is -4.55. The molecule has 0 aliphatic carbocycles. The Balaban J connectivity index is 2.22. The average molecular weight is 307 g/mol. The zero-order valence-corrected chi connectivity index (χ0v) is 11.3. The highest BCUT2D eigenvalue weighted by atomic mass is 35.5. The highest BCUT2D eigenvalue weighted by molar-refractivity contribution is 6.34. The molecule has 0 saturated carbocycles. The van der Waals surface area contributed by atoms with E-state index in [1.807, 2.05) is 0 Å². The van der Waals surface area contributed by atoms with Crippen LogP contribution in [0.25, 0.3) is 0 Å². The standard InChI is InChI=1S/C13H14ClF3N2O/c14-10-3-1-2-9(13(15,16)17)11(10)19-12(20)8-4-6-18-7-5-8/h1-3,8,18H,4-7H2,(H,19,20). The van der Waals surface area contributed by atoms with Gasteiger partial charge in [0.2, 0.25) is 5.91 Å². The number of carbonyl (C=O) groups excluding carboxylic acids is 1. The summed E-state index contributed by atoms with van der Waals surface area (Å²) in [5.41, 5.74) is -1.28. The van der Waals surface area contributed by atoms with E-state index in [4.69, 9.17) is 11.6 Å². The van der Waals surface area contributed by atoms with Gasteiger partial charge in [-0.15, -0.1) is 0 Å². The van der Waals surface area contributed by atoms with Crippen molar-refractivity contribution in [1.82, 2.24) is 5.32 Å². The Bertz CT molecular complexity index is 499. The molecule has 7 heteroatoms. The molecule has 2 rings (SSSR count). The lowest BCUT2D eigenvalue weighted by molar-refractivity contribution is -0.137. The van der Waals surface area contributed by atoms with Gasteiger partial charge in [-0.25, -0.2) is 0 Å². The third-order valence-electron chi connectivity index (χ3n) is 3.28. The largest absolute Gasteiger partial charge is 0.418 e. The van der Waals surface area contributed by atoms with Crippen LogP contribution in [0.3, 0.4) is 0 Å². The summed E-state index contributed by atoms with van der Waals surface area (Å²) in [7, 11) is 0. The summed E-state index contributed by atoms with van der Waals surface area (Å²) in [4.78, 5) is 12.0. The number of rotatable bonds is 2. The second-order valence-electron chi connectivity index (χ2n) is 4.67. The minimum absolute atomic E-state index is 0.109. The van der Waals surface area contributed by atoms with Gasteiger partial charge in [0.05, 0.1) is 16.3 Å². The van der Waals surface area contributed by atoms with Crippen molar-refractivity contribution in [2.24, 2.45) is 5.92 Å². The first-order chi connectivity index (χ1) is 9.39. The number of para-hydroxylation sites is 1. The van der Waals surface area contributed by atoms with Crippen molar-refractivity contribution in [2.45, 2.75) is 19.0 Å². The maximum atomic E-state index is 12.9. The van der Waals surface area contributed by atoms with E-state index in [9.17, 15) is 18.0 Å². The first-order valence-electron chi connectivity index (χ1n) is 6.27. The summed E-state index contributed by atoms with van der Waals surface area (Å²) in [6, 6.07) is 3.45. The Labute approximate surface area is 119 Å². The van der Waals surface area contributed by atoms with Crippen LogP contribution < -0.4 is 10.6 Å². The molecule has 1 saturated heterocycles. The Kier molecular flexibility index (Phi) is 4.55. The minimum Gasteiger partial charge on any atom is -0.324 e. The zero-order chi connectivity index (χ0) is 14.8. The van der Waals surface area contributed by atoms with Gasteiger partial charge in [0.1, 0.15) is 0 Å². The molecule has 0 spiro atoms. The smallest absolute Gasteiger partial charge is 0.324 e. The molecule has 1 aliphatic heterocycles. The zero-order valence-electron chi connectivity index (χ0n) is 10.6. The average Bonchev–Trinajstić information content (AvgIpc) is 2.40. The Morgan fingerprint density at radius 1 is 1.30 bits per heavy atom. The summed E-state index contributed by atoms with van der Waals surface area (Å²) < 4.78 is 38.7. The number of hydrogen-bond acceptors (Lipinski definition) is 2. The van der Waals surface area contributed by atoms with E-state index in [0.29, 0.717) is 25.9 Å². The van der Waals surface area contributed by atoms with Crippen LogP contribution in [0.2, 0.25) is 5.02 Å². The first-order valence-corrected chi connectivity index (χ1v) is 6.64. The van der Waals surface area contributed by atoms with Crippen LogP contribution in [0.5, 0.6) is 0 Å². The number of alkyl halides is 3. The molecule has 110 valence electrons. The second kappa shape index (κ2) is 6.01. The van der Waals surface area contributed by atoms with E-state index in [-0.39, 0.29) is 16.6 Å². The lowest BCUT2D eigenvalue weighted by Gasteiger charge is -2.23. The molecule has 1 aliphatic rings. The highest BCUT2D eigenvalue weighted by Crippen LogP contribution is 2.38. The van der Waals surface area contributed by atoms with E-state index in [0.717, 1.165) is 6.07 Å². The molecule has 1 amide bonds. The number of carbonyl (C=O) groups is 1. The molecule has 1 aromatic rings. The molecule has 1 heterocycles. The number of halogens is 4. The van der Waals surface area contributed by atoms with Gasteiger partial charge >= 0.3 is 6.18 Å². The molecule has 2 N–H and O–H groups in total. The van der Waals surface area contributed by atoms with Crippen molar-refractivity contribution in [3.8, 4) is 0 Å². The van der Waals surface area contributed by atoms with Crippen LogP contribution in [0.1, 0.15) is 18.4 Å². The van der Waals surface area contributed by atoms with Crippen molar-refractivity contribution in [3.63, 3.8) is 0 Å². The second-order valence-corrected chi connectivity index (χ2v) is 5.08. The maximum Gasteiger partial charge on any atom is 0.418 e. The van der Waals surface area contributed by atoms with Gasteiger partial charge < -0.3 is 10.6 Å². The third-order valence-corrected chi connectivity index (χ3v) is 3.59. The van der Waals surface area contributed by atoms with Crippen molar-refractivity contribution in [2.75, 3.05) is 18.4 Å². The summed E-state index contributed by atoms with van der Waals surface area (Å²) in [5.74, 6) is -0.696. The summed E-state index contributed by atoms with van der Waals surface area (Å²) in [6.07, 6.45) is -3.34. The van der Waals surface area contributed by atoms with Crippen LogP contribution in [0.4, 0.5) is 18.9 Å². The quantitative estimate of drug-likeness (QED) is 0.880. The monoisotopic (exact) mass is 306 g/mol. The lowest BCUT2D eigenvalue weighted by atomic mass is 9.97. The van der Waals surface area contributed by atoms with Gasteiger partial charge in [-0.3, -0.25) is 4.79 Å². The third kappa shape index (κ3) is 3.43. The number of nitrogens with one attached hydrogen (secondary N) is 2. The molecule has 0 bridgehead atoms. The van der Waals surface area contributed by atoms with Crippen molar-refractivity contribution in [3.05, 3.63) is 28.8 Å². The van der Waals surface area contributed by atoms with Gasteiger partial charge in [-0.2, -0.15) is 13.2 Å². The molecular weight excluding hydrogens is 293 g/mol. The van der Waals surface area contributed by atoms with Crippen LogP contribution in [0.15, 0.2) is 18.2 Å². The summed E-state index contributed by atoms with van der Waals surface area (Å²) >= 11 is 5.79. The van der Waals surface area contributed by atoms with E-state index in [2.05, 4.69) is 10.6 Å². The van der Waals surface area contributed by atoms with E-state index >= 15 is 0 Å². The van der Waals surface area contributed by atoms with Crippen molar-refractivity contribution >= 4 is 23.2 Å². The Morgan fingerprint density at radius 3 is 2.55 bits per heavy atom. The lowest BCUT2D eigenvalue weighted by Crippen LogP contribution is -2.35. The van der Waals surface area contributed by atoms with Crippen LogP contribution in [-0.2, 0) is 11.0 Å². The molecule has 1 fully saturated rings. The summed E-state index contributed by atoms with van der Waals surface area (Å²) in [5, 5.41) is 5.32. The molecule has 0 aromatic heterocycles. The fourth-order valence-electron chi connectivity index (χ4n) is 2.20. The van der Waals surface area contributed by atoms with Gasteiger partial charge in [0, 0.05) is 5.92 Å². The predicted molar refractivity (Wildman–Crippen MR) is 70.7 cm³/mol. The van der Waals surface area contributed by atoms with Gasteiger partial charge in [-0.1, -0.05) is 17.7 Å². The maximum absolute atomic E-state index is 12.9. The molecule has 0 radical (unpaired) electrons. The molecule has 0 atom stereocenters. The molecular formula is C13H14ClF3N2O. The van der Waals surface area contributed by atoms with E-state index in [1.165, 1.54) is 12.1 Å². The highest BCUT2D eigenvalue weighted by Gasteiger charge is 2.35. The Hall–Kier alpha value is -1.27. The van der Waals surface area contributed by atoms with Gasteiger partial charge in [0.15, 0.2) is 0 Å². The Morgan fingerprint density at radius 2 is 1.95 bits per heavy atom. The van der Waals surface area contributed by atoms with Crippen molar-refractivity contribution in [1.29, 1.82) is 0 Å². The van der Waals surface area contributed by atoms with Crippen LogP contribution in [0, 0.1) is 5.92 Å².